The van der Waals surface area contributed by atoms with E-state index in [1.165, 1.54) is 0 Å². The smallest absolute Gasteiger partial charge is 0.268 e. The van der Waals surface area contributed by atoms with Crippen LogP contribution in [-0.4, -0.2) is 33.2 Å². The number of amides is 1. The fourth-order valence-electron chi connectivity index (χ4n) is 3.22. The summed E-state index contributed by atoms with van der Waals surface area (Å²) in [5.41, 5.74) is 0.664. The second-order valence-electron chi connectivity index (χ2n) is 5.98. The van der Waals surface area contributed by atoms with Crippen LogP contribution in [-0.2, 0) is 18.3 Å². The van der Waals surface area contributed by atoms with Crippen LogP contribution in [0.1, 0.15) is 42.1 Å². The molecule has 1 amide bonds. The minimum absolute atomic E-state index is 0.0559. The lowest BCUT2D eigenvalue weighted by Gasteiger charge is -2.31. The third-order valence-electron chi connectivity index (χ3n) is 4.57. The van der Waals surface area contributed by atoms with E-state index in [0.717, 1.165) is 38.4 Å². The number of hydrogen-bond acceptors (Lipinski definition) is 3. The van der Waals surface area contributed by atoms with Gasteiger partial charge in [-0.3, -0.25) is 4.79 Å². The van der Waals surface area contributed by atoms with Crippen molar-refractivity contribution in [3.05, 3.63) is 42.2 Å². The lowest BCUT2D eigenvalue weighted by molar-refractivity contribution is 0.0497. The van der Waals surface area contributed by atoms with E-state index in [-0.39, 0.29) is 11.9 Å². The van der Waals surface area contributed by atoms with Gasteiger partial charge >= 0.3 is 0 Å². The Morgan fingerprint density at radius 2 is 2.22 bits per heavy atom. The van der Waals surface area contributed by atoms with E-state index in [0.29, 0.717) is 11.6 Å². The lowest BCUT2D eigenvalue weighted by atomic mass is 9.91. The number of nitrogens with zero attached hydrogens (tertiary/aromatic N) is 3. The average Bonchev–Trinajstić information content (AvgIpc) is 3.21. The maximum atomic E-state index is 12.7. The molecule has 23 heavy (non-hydrogen) atoms. The largest absolute Gasteiger partial charge is 0.381 e. The van der Waals surface area contributed by atoms with Crippen LogP contribution in [0, 0.1) is 5.92 Å². The van der Waals surface area contributed by atoms with Gasteiger partial charge in [0.1, 0.15) is 11.5 Å². The van der Waals surface area contributed by atoms with Crippen molar-refractivity contribution in [3.63, 3.8) is 0 Å². The van der Waals surface area contributed by atoms with Crippen molar-refractivity contribution in [2.24, 2.45) is 13.0 Å². The first-order valence-corrected chi connectivity index (χ1v) is 8.21. The van der Waals surface area contributed by atoms with Gasteiger partial charge in [0.05, 0.1) is 6.04 Å². The van der Waals surface area contributed by atoms with Crippen molar-refractivity contribution in [2.75, 3.05) is 13.2 Å². The highest BCUT2D eigenvalue weighted by Gasteiger charge is 2.30. The normalized spacial score (nSPS) is 17.1. The van der Waals surface area contributed by atoms with Crippen LogP contribution >= 0.6 is 0 Å². The summed E-state index contributed by atoms with van der Waals surface area (Å²) in [6.07, 6.45) is 7.53. The molecule has 1 aliphatic rings. The molecule has 0 radical (unpaired) electrons. The first kappa shape index (κ1) is 15.8. The molecule has 3 rings (SSSR count). The summed E-state index contributed by atoms with van der Waals surface area (Å²) in [6.45, 7) is 4.42. The maximum absolute atomic E-state index is 12.7. The number of aromatic nitrogens is 3. The van der Waals surface area contributed by atoms with Crippen molar-refractivity contribution >= 4 is 5.91 Å². The topological polar surface area (TPSA) is 61.1 Å². The molecule has 0 aromatic carbocycles. The van der Waals surface area contributed by atoms with Crippen molar-refractivity contribution < 1.29 is 9.53 Å². The summed E-state index contributed by atoms with van der Waals surface area (Å²) in [5, 5.41) is 3.21. The Hall–Kier alpha value is -2.08. The molecule has 6 nitrogen and oxygen atoms in total. The Bertz CT molecular complexity index is 655. The molecule has 1 atom stereocenters. The van der Waals surface area contributed by atoms with Crippen LogP contribution in [0.3, 0.4) is 0 Å². The number of imidazole rings is 1. The zero-order valence-corrected chi connectivity index (χ0v) is 13.7. The van der Waals surface area contributed by atoms with E-state index >= 15 is 0 Å². The molecule has 0 spiro atoms. The summed E-state index contributed by atoms with van der Waals surface area (Å²) in [4.78, 5) is 17.2. The minimum Gasteiger partial charge on any atom is -0.381 e. The van der Waals surface area contributed by atoms with E-state index in [9.17, 15) is 4.79 Å². The van der Waals surface area contributed by atoms with E-state index in [1.54, 1.807) is 6.20 Å². The molecule has 1 fully saturated rings. The van der Waals surface area contributed by atoms with Gasteiger partial charge in [0, 0.05) is 45.4 Å². The van der Waals surface area contributed by atoms with Gasteiger partial charge < -0.3 is 19.2 Å². The molecule has 3 heterocycles. The van der Waals surface area contributed by atoms with Gasteiger partial charge in [-0.05, 0) is 37.8 Å². The van der Waals surface area contributed by atoms with Crippen LogP contribution in [0.5, 0.6) is 0 Å². The van der Waals surface area contributed by atoms with Crippen LogP contribution in [0.25, 0.3) is 0 Å². The number of ether oxygens (including phenoxy) is 1. The fourth-order valence-corrected chi connectivity index (χ4v) is 3.22. The van der Waals surface area contributed by atoms with Crippen LogP contribution in [0.15, 0.2) is 30.7 Å². The number of rotatable bonds is 5. The van der Waals surface area contributed by atoms with Gasteiger partial charge in [0.2, 0.25) is 0 Å². The van der Waals surface area contributed by atoms with Gasteiger partial charge in [-0.25, -0.2) is 4.98 Å². The second-order valence-corrected chi connectivity index (χ2v) is 5.98. The lowest BCUT2D eigenvalue weighted by Crippen LogP contribution is -2.38. The molecular weight excluding hydrogens is 292 g/mol. The average molecular weight is 316 g/mol. The highest BCUT2D eigenvalue weighted by molar-refractivity contribution is 5.92. The molecule has 0 aliphatic carbocycles. The summed E-state index contributed by atoms with van der Waals surface area (Å²) in [6, 6.07) is 3.63. The molecule has 2 aromatic rings. The molecule has 1 aliphatic heterocycles. The molecule has 124 valence electrons. The first-order valence-electron chi connectivity index (χ1n) is 8.21. The maximum Gasteiger partial charge on any atom is 0.268 e. The zero-order chi connectivity index (χ0) is 16.2. The Morgan fingerprint density at radius 1 is 1.43 bits per heavy atom. The molecule has 1 saturated heterocycles. The second kappa shape index (κ2) is 7.00. The van der Waals surface area contributed by atoms with Gasteiger partial charge in [-0.15, -0.1) is 0 Å². The van der Waals surface area contributed by atoms with E-state index in [2.05, 4.69) is 21.8 Å². The van der Waals surface area contributed by atoms with Crippen LogP contribution in [0.2, 0.25) is 0 Å². The molecule has 0 unspecified atom stereocenters. The van der Waals surface area contributed by atoms with Gasteiger partial charge in [-0.2, -0.15) is 0 Å². The molecule has 1 N–H and O–H groups in total. The third-order valence-corrected chi connectivity index (χ3v) is 4.57. The Labute approximate surface area is 136 Å². The van der Waals surface area contributed by atoms with E-state index in [1.807, 2.05) is 36.1 Å². The van der Waals surface area contributed by atoms with E-state index in [4.69, 9.17) is 4.74 Å². The minimum atomic E-state index is -0.0868. The predicted octanol–water partition coefficient (Wildman–Crippen LogP) is 2.14. The molecule has 0 saturated carbocycles. The quantitative estimate of drug-likeness (QED) is 0.919. The molecular formula is C17H24N4O2. The molecule has 2 aromatic heterocycles. The number of nitrogens with one attached hydrogen (secondary N) is 1. The molecule has 0 bridgehead atoms. The van der Waals surface area contributed by atoms with Crippen molar-refractivity contribution in [1.82, 2.24) is 19.4 Å². The van der Waals surface area contributed by atoms with Crippen LogP contribution in [0.4, 0.5) is 0 Å². The first-order chi connectivity index (χ1) is 11.2. The monoisotopic (exact) mass is 316 g/mol. The van der Waals surface area contributed by atoms with E-state index < -0.39 is 0 Å². The van der Waals surface area contributed by atoms with Crippen LogP contribution < -0.4 is 5.32 Å². The summed E-state index contributed by atoms with van der Waals surface area (Å²) >= 11 is 0. The van der Waals surface area contributed by atoms with Gasteiger partial charge in [0.15, 0.2) is 0 Å². The third kappa shape index (κ3) is 3.32. The highest BCUT2D eigenvalue weighted by Crippen LogP contribution is 2.29. The molecule has 6 heteroatoms. The number of hydrogen-bond donors (Lipinski definition) is 1. The number of carbonyl (C=O) groups is 1. The summed E-state index contributed by atoms with van der Waals surface area (Å²) in [5.74, 6) is 1.22. The Balaban J connectivity index is 1.86. The fraction of sp³-hybridized carbons (Fsp3) is 0.529. The Morgan fingerprint density at radius 3 is 2.87 bits per heavy atom. The van der Waals surface area contributed by atoms with Crippen molar-refractivity contribution in [1.29, 1.82) is 0 Å². The van der Waals surface area contributed by atoms with Crippen molar-refractivity contribution in [3.8, 4) is 0 Å². The number of carbonyl (C=O) groups excluding carboxylic acids is 1. The predicted molar refractivity (Wildman–Crippen MR) is 87.1 cm³/mol. The Kier molecular flexibility index (Phi) is 4.81. The van der Waals surface area contributed by atoms with Gasteiger partial charge in [0.25, 0.3) is 5.91 Å². The van der Waals surface area contributed by atoms with Gasteiger partial charge in [-0.1, -0.05) is 0 Å². The highest BCUT2D eigenvalue weighted by atomic mass is 16.5. The summed E-state index contributed by atoms with van der Waals surface area (Å²) < 4.78 is 9.41. The van der Waals surface area contributed by atoms with Crippen molar-refractivity contribution in [2.45, 2.75) is 32.4 Å². The number of aryl methyl sites for hydroxylation is 2. The summed E-state index contributed by atoms with van der Waals surface area (Å²) in [7, 11) is 1.88. The zero-order valence-electron chi connectivity index (χ0n) is 13.7. The standard InChI is InChI=1S/C17H24N4O2/c1-3-21-10-8-18-16(21)15(13-6-11-23-12-7-13)19-17(22)14-5-4-9-20(14)2/h4-5,8-10,13,15H,3,6-7,11-12H2,1-2H3,(H,19,22)/t15-/m0/s1. The SMILES string of the molecule is CCn1ccnc1[C@@H](NC(=O)c1cccn1C)C1CCOCC1.